The number of fused-ring (bicyclic) bond motifs is 1. The molecule has 0 fully saturated rings. The predicted octanol–water partition coefficient (Wildman–Crippen LogP) is 2.25. The smallest absolute Gasteiger partial charge is 0.338 e. The lowest BCUT2D eigenvalue weighted by Gasteiger charge is -2.16. The van der Waals surface area contributed by atoms with Crippen LogP contribution >= 0.6 is 0 Å². The highest BCUT2D eigenvalue weighted by Crippen LogP contribution is 2.25. The summed E-state index contributed by atoms with van der Waals surface area (Å²) in [4.78, 5) is 24.5. The molecule has 0 spiro atoms. The van der Waals surface area contributed by atoms with Gasteiger partial charge in [0, 0.05) is 18.5 Å². The summed E-state index contributed by atoms with van der Waals surface area (Å²) in [6.45, 7) is 5.34. The van der Waals surface area contributed by atoms with E-state index in [1.54, 1.807) is 13.1 Å². The second-order valence-electron chi connectivity index (χ2n) is 4.05. The fraction of sp³-hybridized carbons (Fsp3) is 0.143. The van der Waals surface area contributed by atoms with Gasteiger partial charge in [0.15, 0.2) is 0 Å². The first-order valence-corrected chi connectivity index (χ1v) is 5.47. The van der Waals surface area contributed by atoms with E-state index in [1.807, 2.05) is 19.1 Å². The lowest BCUT2D eigenvalue weighted by Crippen LogP contribution is -2.25. The molecular formula is C14H13NO3. The maximum absolute atomic E-state index is 11.6. The molecule has 0 N–H and O–H groups in total. The number of hydrogen-bond donors (Lipinski definition) is 0. The molecule has 2 rings (SSSR count). The summed E-state index contributed by atoms with van der Waals surface area (Å²) in [7, 11) is 1.60. The third-order valence-electron chi connectivity index (χ3n) is 2.74. The third kappa shape index (κ3) is 2.05. The van der Waals surface area contributed by atoms with Crippen molar-refractivity contribution in [2.24, 2.45) is 0 Å². The largest absolute Gasteiger partial charge is 0.423 e. The minimum atomic E-state index is -0.480. The Balaban J connectivity index is 2.74. The van der Waals surface area contributed by atoms with E-state index < -0.39 is 5.63 Å². The van der Waals surface area contributed by atoms with Gasteiger partial charge in [0.25, 0.3) is 0 Å². The number of benzene rings is 1. The van der Waals surface area contributed by atoms with E-state index in [9.17, 15) is 9.59 Å². The number of likely N-dealkylation sites (N-methyl/N-ethyl adjacent to an activating group) is 1. The van der Waals surface area contributed by atoms with Crippen LogP contribution in [0.4, 0.5) is 5.69 Å². The van der Waals surface area contributed by atoms with E-state index in [4.69, 9.17) is 4.42 Å². The van der Waals surface area contributed by atoms with Gasteiger partial charge in [0.1, 0.15) is 5.58 Å². The van der Waals surface area contributed by atoms with E-state index in [0.29, 0.717) is 11.3 Å². The number of hydrogen-bond acceptors (Lipinski definition) is 3. The number of nitrogens with zero attached hydrogens (tertiary/aromatic N) is 1. The number of aryl methyl sites for hydroxylation is 1. The molecule has 2 aromatic rings. The average molecular weight is 243 g/mol. The number of amides is 1. The minimum Gasteiger partial charge on any atom is -0.423 e. The summed E-state index contributed by atoms with van der Waals surface area (Å²) >= 11 is 0. The number of anilines is 1. The van der Waals surface area contributed by atoms with Gasteiger partial charge in [-0.15, -0.1) is 0 Å². The van der Waals surface area contributed by atoms with Crippen molar-refractivity contribution in [3.63, 3.8) is 0 Å². The Bertz CT molecular complexity index is 685. The van der Waals surface area contributed by atoms with Gasteiger partial charge >= 0.3 is 5.63 Å². The van der Waals surface area contributed by atoms with Crippen molar-refractivity contribution in [2.75, 3.05) is 11.9 Å². The van der Waals surface area contributed by atoms with E-state index in [1.165, 1.54) is 17.0 Å². The number of carbonyl (C=O) groups excluding carboxylic acids is 1. The summed E-state index contributed by atoms with van der Waals surface area (Å²) in [5.41, 5.74) is 1.50. The summed E-state index contributed by atoms with van der Waals surface area (Å²) in [5.74, 6) is -0.275. The van der Waals surface area contributed by atoms with E-state index >= 15 is 0 Å². The van der Waals surface area contributed by atoms with Crippen molar-refractivity contribution in [3.05, 3.63) is 52.9 Å². The Morgan fingerprint density at radius 1 is 1.39 bits per heavy atom. The molecule has 92 valence electrons. The monoisotopic (exact) mass is 243 g/mol. The normalized spacial score (nSPS) is 10.3. The maximum Gasteiger partial charge on any atom is 0.338 e. The lowest BCUT2D eigenvalue weighted by atomic mass is 10.1. The van der Waals surface area contributed by atoms with Crippen LogP contribution in [0.2, 0.25) is 0 Å². The SMILES string of the molecule is C=CC(=O)N(C)c1cc(=O)oc2cc(C)ccc12. The van der Waals surface area contributed by atoms with Crippen molar-refractivity contribution < 1.29 is 9.21 Å². The standard InChI is InChI=1S/C14H13NO3/c1-4-13(16)15(3)11-8-14(17)18-12-7-9(2)5-6-10(11)12/h4-8H,1H2,2-3H3. The molecule has 0 bridgehead atoms. The molecule has 0 aliphatic heterocycles. The van der Waals surface area contributed by atoms with Gasteiger partial charge in [-0.05, 0) is 30.7 Å². The zero-order valence-electron chi connectivity index (χ0n) is 10.3. The molecule has 0 atom stereocenters. The molecule has 0 aliphatic carbocycles. The van der Waals surface area contributed by atoms with Crippen LogP contribution in [0, 0.1) is 6.92 Å². The highest BCUT2D eigenvalue weighted by atomic mass is 16.4. The fourth-order valence-corrected chi connectivity index (χ4v) is 1.79. The molecule has 0 aliphatic rings. The van der Waals surface area contributed by atoms with Crippen LogP contribution in [-0.2, 0) is 4.79 Å². The van der Waals surface area contributed by atoms with Crippen LogP contribution < -0.4 is 10.5 Å². The average Bonchev–Trinajstić information content (AvgIpc) is 2.35. The molecular weight excluding hydrogens is 230 g/mol. The first-order valence-electron chi connectivity index (χ1n) is 5.47. The zero-order valence-corrected chi connectivity index (χ0v) is 10.3. The summed E-state index contributed by atoms with van der Waals surface area (Å²) in [6.07, 6.45) is 1.20. The molecule has 0 saturated carbocycles. The number of rotatable bonds is 2. The van der Waals surface area contributed by atoms with Gasteiger partial charge < -0.3 is 9.32 Å². The molecule has 1 aromatic carbocycles. The maximum atomic E-state index is 11.6. The highest BCUT2D eigenvalue weighted by molar-refractivity contribution is 6.06. The summed E-state index contributed by atoms with van der Waals surface area (Å²) < 4.78 is 5.13. The van der Waals surface area contributed by atoms with Crippen molar-refractivity contribution in [1.29, 1.82) is 0 Å². The van der Waals surface area contributed by atoms with Gasteiger partial charge in [-0.25, -0.2) is 4.79 Å². The van der Waals surface area contributed by atoms with Crippen molar-refractivity contribution in [1.82, 2.24) is 0 Å². The van der Waals surface area contributed by atoms with Crippen LogP contribution in [0.5, 0.6) is 0 Å². The Morgan fingerprint density at radius 2 is 2.11 bits per heavy atom. The Kier molecular flexibility index (Phi) is 3.02. The van der Waals surface area contributed by atoms with Crippen LogP contribution in [0.3, 0.4) is 0 Å². The summed E-state index contributed by atoms with van der Waals surface area (Å²) in [5, 5.41) is 0.720. The third-order valence-corrected chi connectivity index (χ3v) is 2.74. The van der Waals surface area contributed by atoms with E-state index in [2.05, 4.69) is 6.58 Å². The molecule has 4 nitrogen and oxygen atoms in total. The molecule has 0 unspecified atom stereocenters. The van der Waals surface area contributed by atoms with Gasteiger partial charge in [-0.2, -0.15) is 0 Å². The molecule has 0 saturated heterocycles. The van der Waals surface area contributed by atoms with Crippen LogP contribution in [0.25, 0.3) is 11.0 Å². The van der Waals surface area contributed by atoms with Crippen molar-refractivity contribution in [3.8, 4) is 0 Å². The van der Waals surface area contributed by atoms with Gasteiger partial charge in [0.05, 0.1) is 5.69 Å². The second-order valence-corrected chi connectivity index (χ2v) is 4.05. The van der Waals surface area contributed by atoms with Crippen LogP contribution in [-0.4, -0.2) is 13.0 Å². The Morgan fingerprint density at radius 3 is 2.78 bits per heavy atom. The van der Waals surface area contributed by atoms with E-state index in [0.717, 1.165) is 10.9 Å². The predicted molar refractivity (Wildman–Crippen MR) is 70.8 cm³/mol. The van der Waals surface area contributed by atoms with E-state index in [-0.39, 0.29) is 5.91 Å². The highest BCUT2D eigenvalue weighted by Gasteiger charge is 2.13. The van der Waals surface area contributed by atoms with Gasteiger partial charge in [0.2, 0.25) is 5.91 Å². The molecule has 18 heavy (non-hydrogen) atoms. The molecule has 1 aromatic heterocycles. The lowest BCUT2D eigenvalue weighted by molar-refractivity contribution is -0.113. The topological polar surface area (TPSA) is 50.5 Å². The second kappa shape index (κ2) is 4.49. The fourth-order valence-electron chi connectivity index (χ4n) is 1.79. The molecule has 4 heteroatoms. The first-order chi connectivity index (χ1) is 8.52. The zero-order chi connectivity index (χ0) is 13.3. The Hall–Kier alpha value is -2.36. The van der Waals surface area contributed by atoms with Crippen molar-refractivity contribution in [2.45, 2.75) is 6.92 Å². The van der Waals surface area contributed by atoms with Gasteiger partial charge in [-0.1, -0.05) is 12.6 Å². The first kappa shape index (κ1) is 12.1. The van der Waals surface area contributed by atoms with Crippen LogP contribution in [0.1, 0.15) is 5.56 Å². The minimum absolute atomic E-state index is 0.275. The molecule has 1 amide bonds. The molecule has 1 heterocycles. The number of carbonyl (C=O) groups is 1. The summed E-state index contributed by atoms with van der Waals surface area (Å²) in [6, 6.07) is 6.80. The molecule has 0 radical (unpaired) electrons. The van der Waals surface area contributed by atoms with Gasteiger partial charge in [-0.3, -0.25) is 4.79 Å². The van der Waals surface area contributed by atoms with Crippen molar-refractivity contribution >= 4 is 22.6 Å². The quantitative estimate of drug-likeness (QED) is 0.600. The Labute approximate surface area is 104 Å². The van der Waals surface area contributed by atoms with Crippen LogP contribution in [0.15, 0.2) is 46.1 Å².